The molecular formula is C34H31F3O4. The summed E-state index contributed by atoms with van der Waals surface area (Å²) >= 11 is 0. The van der Waals surface area contributed by atoms with Crippen molar-refractivity contribution < 1.29 is 32.2 Å². The van der Waals surface area contributed by atoms with Crippen LogP contribution in [0.4, 0.5) is 13.2 Å². The van der Waals surface area contributed by atoms with Gasteiger partial charge in [-0.25, -0.2) is 18.0 Å². The molecule has 4 aromatic carbocycles. The van der Waals surface area contributed by atoms with E-state index in [2.05, 4.69) is 13.5 Å². The van der Waals surface area contributed by atoms with E-state index in [0.717, 1.165) is 25.3 Å². The molecule has 0 heterocycles. The van der Waals surface area contributed by atoms with E-state index >= 15 is 8.78 Å². The number of carbonyl (C=O) groups is 1. The van der Waals surface area contributed by atoms with Crippen LogP contribution in [-0.2, 0) is 0 Å². The number of halogens is 3. The molecule has 0 saturated heterocycles. The molecule has 0 atom stereocenters. The van der Waals surface area contributed by atoms with Crippen LogP contribution in [0.2, 0.25) is 0 Å². The molecule has 4 nitrogen and oxygen atoms in total. The van der Waals surface area contributed by atoms with Gasteiger partial charge in [-0.1, -0.05) is 55.8 Å². The molecule has 0 aliphatic carbocycles. The molecule has 0 aromatic heterocycles. The number of esters is 1. The lowest BCUT2D eigenvalue weighted by Crippen LogP contribution is -2.09. The summed E-state index contributed by atoms with van der Waals surface area (Å²) in [5.74, 6) is -2.60. The summed E-state index contributed by atoms with van der Waals surface area (Å²) in [5.41, 5.74) is 1.26. The Labute approximate surface area is 238 Å². The van der Waals surface area contributed by atoms with E-state index in [-0.39, 0.29) is 28.2 Å². The van der Waals surface area contributed by atoms with Crippen molar-refractivity contribution >= 4 is 5.97 Å². The van der Waals surface area contributed by atoms with E-state index in [1.165, 1.54) is 48.5 Å². The zero-order valence-corrected chi connectivity index (χ0v) is 22.8. The van der Waals surface area contributed by atoms with Crippen molar-refractivity contribution in [3.63, 3.8) is 0 Å². The van der Waals surface area contributed by atoms with Gasteiger partial charge in [-0.3, -0.25) is 0 Å². The maximum Gasteiger partial charge on any atom is 0.343 e. The molecule has 0 fully saturated rings. The van der Waals surface area contributed by atoms with Gasteiger partial charge in [0, 0.05) is 17.2 Å². The highest BCUT2D eigenvalue weighted by molar-refractivity contribution is 5.91. The lowest BCUT2D eigenvalue weighted by Gasteiger charge is -2.11. The first-order valence-corrected chi connectivity index (χ1v) is 13.5. The summed E-state index contributed by atoms with van der Waals surface area (Å²) in [4.78, 5) is 12.6. The molecule has 0 radical (unpaired) electrons. The maximum atomic E-state index is 15.1. The van der Waals surface area contributed by atoms with Gasteiger partial charge in [0.1, 0.15) is 11.5 Å². The van der Waals surface area contributed by atoms with Gasteiger partial charge in [-0.2, -0.15) is 0 Å². The average molecular weight is 561 g/mol. The van der Waals surface area contributed by atoms with Crippen LogP contribution >= 0.6 is 0 Å². The van der Waals surface area contributed by atoms with E-state index in [4.69, 9.17) is 14.2 Å². The summed E-state index contributed by atoms with van der Waals surface area (Å²) in [6.45, 7) is 6.63. The second kappa shape index (κ2) is 14.2. The number of hydrogen-bond acceptors (Lipinski definition) is 4. The third-order valence-electron chi connectivity index (χ3n) is 6.37. The minimum atomic E-state index is -0.997. The standard InChI is InChI=1S/C34H31F3O4/c1-3-5-7-21-40-31-19-16-27(22-30(31)35)41-34(38)25-10-8-23(9-11-25)28-17-18-29(33(37)32(28)36)24-12-14-26(15-13-24)39-20-6-4-2/h3,8-19,22H,1,4-7,20-21H2,2H3. The van der Waals surface area contributed by atoms with Crippen molar-refractivity contribution in [3.05, 3.63) is 115 Å². The normalized spacial score (nSPS) is 10.7. The fourth-order valence-corrected chi connectivity index (χ4v) is 4.08. The van der Waals surface area contributed by atoms with Gasteiger partial charge in [0.15, 0.2) is 23.2 Å². The van der Waals surface area contributed by atoms with Crippen LogP contribution in [0.5, 0.6) is 17.2 Å². The van der Waals surface area contributed by atoms with E-state index in [0.29, 0.717) is 36.5 Å². The van der Waals surface area contributed by atoms with Gasteiger partial charge < -0.3 is 14.2 Å². The minimum Gasteiger partial charge on any atom is -0.494 e. The van der Waals surface area contributed by atoms with Crippen molar-refractivity contribution in [2.45, 2.75) is 32.6 Å². The first-order valence-electron chi connectivity index (χ1n) is 13.5. The number of allylic oxidation sites excluding steroid dienone is 1. The van der Waals surface area contributed by atoms with Gasteiger partial charge in [-0.15, -0.1) is 6.58 Å². The predicted octanol–water partition coefficient (Wildman–Crippen LogP) is 9.18. The van der Waals surface area contributed by atoms with Gasteiger partial charge in [0.2, 0.25) is 0 Å². The molecule has 212 valence electrons. The molecule has 4 rings (SSSR count). The van der Waals surface area contributed by atoms with Gasteiger partial charge >= 0.3 is 5.97 Å². The van der Waals surface area contributed by atoms with Crippen LogP contribution in [0.15, 0.2) is 91.5 Å². The number of unbranched alkanes of at least 4 members (excludes halogenated alkanes) is 2. The zero-order valence-electron chi connectivity index (χ0n) is 22.8. The summed E-state index contributed by atoms with van der Waals surface area (Å²) in [7, 11) is 0. The highest BCUT2D eigenvalue weighted by Crippen LogP contribution is 2.32. The number of benzene rings is 4. The van der Waals surface area contributed by atoms with Crippen LogP contribution < -0.4 is 14.2 Å². The Morgan fingerprint density at radius 1 is 0.756 bits per heavy atom. The van der Waals surface area contributed by atoms with Crippen molar-refractivity contribution in [2.24, 2.45) is 0 Å². The molecule has 0 amide bonds. The largest absolute Gasteiger partial charge is 0.494 e. The van der Waals surface area contributed by atoms with Crippen LogP contribution in [-0.4, -0.2) is 19.2 Å². The fourth-order valence-electron chi connectivity index (χ4n) is 4.08. The second-order valence-electron chi connectivity index (χ2n) is 9.35. The van der Waals surface area contributed by atoms with Crippen molar-refractivity contribution in [1.29, 1.82) is 0 Å². The average Bonchev–Trinajstić information content (AvgIpc) is 2.98. The third-order valence-corrected chi connectivity index (χ3v) is 6.37. The van der Waals surface area contributed by atoms with E-state index in [1.807, 2.05) is 0 Å². The molecule has 0 spiro atoms. The van der Waals surface area contributed by atoms with E-state index in [1.54, 1.807) is 30.3 Å². The number of rotatable bonds is 13. The Morgan fingerprint density at radius 2 is 1.34 bits per heavy atom. The van der Waals surface area contributed by atoms with Crippen molar-refractivity contribution in [1.82, 2.24) is 0 Å². The Balaban J connectivity index is 1.42. The van der Waals surface area contributed by atoms with E-state index < -0.39 is 23.4 Å². The third kappa shape index (κ3) is 7.57. The Bertz CT molecular complexity index is 1480. The number of carbonyl (C=O) groups excluding carboxylic acids is 1. The number of hydrogen-bond donors (Lipinski definition) is 0. The minimum absolute atomic E-state index is 0.0132. The van der Waals surface area contributed by atoms with Crippen molar-refractivity contribution in [3.8, 4) is 39.5 Å². The number of ether oxygens (including phenoxy) is 3. The molecule has 7 heteroatoms. The summed E-state index contributed by atoms with van der Waals surface area (Å²) in [6, 6.07) is 19.6. The van der Waals surface area contributed by atoms with Crippen molar-refractivity contribution in [2.75, 3.05) is 13.2 Å². The Morgan fingerprint density at radius 3 is 1.93 bits per heavy atom. The van der Waals surface area contributed by atoms with Crippen LogP contribution in [0, 0.1) is 17.5 Å². The molecular weight excluding hydrogens is 529 g/mol. The summed E-state index contributed by atoms with van der Waals surface area (Å²) < 4.78 is 60.8. The van der Waals surface area contributed by atoms with Gasteiger partial charge in [-0.05, 0) is 66.8 Å². The molecule has 0 aliphatic heterocycles. The van der Waals surface area contributed by atoms with E-state index in [9.17, 15) is 9.18 Å². The predicted molar refractivity (Wildman–Crippen MR) is 154 cm³/mol. The molecule has 0 saturated carbocycles. The Hall–Kier alpha value is -4.52. The molecule has 0 unspecified atom stereocenters. The second-order valence-corrected chi connectivity index (χ2v) is 9.35. The maximum absolute atomic E-state index is 15.1. The molecule has 0 aliphatic rings. The van der Waals surface area contributed by atoms with Gasteiger partial charge in [0.25, 0.3) is 0 Å². The van der Waals surface area contributed by atoms with Crippen LogP contribution in [0.25, 0.3) is 22.3 Å². The molecule has 4 aromatic rings. The van der Waals surface area contributed by atoms with Crippen LogP contribution in [0.3, 0.4) is 0 Å². The molecule has 0 N–H and O–H groups in total. The lowest BCUT2D eigenvalue weighted by molar-refractivity contribution is 0.0734. The summed E-state index contributed by atoms with van der Waals surface area (Å²) in [6.07, 6.45) is 5.18. The monoisotopic (exact) mass is 560 g/mol. The first kappa shape index (κ1) is 29.5. The highest BCUT2D eigenvalue weighted by atomic mass is 19.2. The highest BCUT2D eigenvalue weighted by Gasteiger charge is 2.17. The summed E-state index contributed by atoms with van der Waals surface area (Å²) in [5, 5.41) is 0. The lowest BCUT2D eigenvalue weighted by atomic mass is 9.98. The quantitative estimate of drug-likeness (QED) is 0.0708. The van der Waals surface area contributed by atoms with Crippen LogP contribution in [0.1, 0.15) is 43.0 Å². The van der Waals surface area contributed by atoms with Gasteiger partial charge in [0.05, 0.1) is 18.8 Å². The zero-order chi connectivity index (χ0) is 29.2. The molecule has 0 bridgehead atoms. The molecule has 41 heavy (non-hydrogen) atoms. The SMILES string of the molecule is C=CCCCOc1ccc(OC(=O)c2ccc(-c3ccc(-c4ccc(OCCCC)cc4)c(F)c3F)cc2)cc1F. The first-order chi connectivity index (χ1) is 19.9. The fraction of sp³-hybridized carbons (Fsp3) is 0.206. The Kier molecular flexibility index (Phi) is 10.2. The smallest absolute Gasteiger partial charge is 0.343 e. The topological polar surface area (TPSA) is 44.8 Å².